The highest BCUT2D eigenvalue weighted by Crippen LogP contribution is 2.26. The normalized spacial score (nSPS) is 17.6. The smallest absolute Gasteiger partial charge is 0.171 e. The topological polar surface area (TPSA) is 54.6 Å². The molecule has 1 aliphatic rings. The highest BCUT2D eigenvalue weighted by molar-refractivity contribution is 5.52. The van der Waals surface area contributed by atoms with Gasteiger partial charge in [0.25, 0.3) is 0 Å². The van der Waals surface area contributed by atoms with Gasteiger partial charge in [0, 0.05) is 44.5 Å². The molecule has 5 nitrogen and oxygen atoms in total. The van der Waals surface area contributed by atoms with Crippen LogP contribution in [-0.2, 0) is 0 Å². The van der Waals surface area contributed by atoms with Gasteiger partial charge in [-0.25, -0.2) is 4.98 Å². The number of hydrogen-bond acceptors (Lipinski definition) is 5. The number of hydrogen-bond donors (Lipinski definition) is 1. The van der Waals surface area contributed by atoms with Crippen molar-refractivity contribution in [3.05, 3.63) is 18.3 Å². The second-order valence-corrected chi connectivity index (χ2v) is 5.52. The van der Waals surface area contributed by atoms with Crippen LogP contribution in [0.5, 0.6) is 5.75 Å². The third kappa shape index (κ3) is 2.98. The fourth-order valence-corrected chi connectivity index (χ4v) is 2.43. The summed E-state index contributed by atoms with van der Waals surface area (Å²) in [5.41, 5.74) is 5.91. The summed E-state index contributed by atoms with van der Waals surface area (Å²) in [6.07, 6.45) is 1.81. The zero-order chi connectivity index (χ0) is 13.9. The average molecular weight is 264 g/mol. The fourth-order valence-electron chi connectivity index (χ4n) is 2.43. The van der Waals surface area contributed by atoms with Crippen LogP contribution in [0.2, 0.25) is 0 Å². The number of ether oxygens (including phenoxy) is 1. The van der Waals surface area contributed by atoms with Crippen LogP contribution in [0.15, 0.2) is 18.3 Å². The third-order valence-electron chi connectivity index (χ3n) is 3.91. The summed E-state index contributed by atoms with van der Waals surface area (Å²) in [7, 11) is 1.69. The van der Waals surface area contributed by atoms with Gasteiger partial charge in [-0.2, -0.15) is 0 Å². The summed E-state index contributed by atoms with van der Waals surface area (Å²) < 4.78 is 5.38. The monoisotopic (exact) mass is 264 g/mol. The van der Waals surface area contributed by atoms with Crippen LogP contribution in [-0.4, -0.2) is 55.3 Å². The summed E-state index contributed by atoms with van der Waals surface area (Å²) in [6, 6.07) is 3.86. The van der Waals surface area contributed by atoms with Gasteiger partial charge in [-0.05, 0) is 26.0 Å². The predicted molar refractivity (Wildman–Crippen MR) is 77.7 cm³/mol. The molecule has 0 aliphatic carbocycles. The third-order valence-corrected chi connectivity index (χ3v) is 3.91. The van der Waals surface area contributed by atoms with Crippen molar-refractivity contribution in [2.75, 3.05) is 44.7 Å². The van der Waals surface area contributed by atoms with Gasteiger partial charge in [0.2, 0.25) is 0 Å². The molecule has 106 valence electrons. The molecule has 0 amide bonds. The summed E-state index contributed by atoms with van der Waals surface area (Å²) in [5, 5.41) is 0. The molecule has 1 aromatic heterocycles. The molecule has 1 aromatic rings. The lowest BCUT2D eigenvalue weighted by Crippen LogP contribution is -2.57. The van der Waals surface area contributed by atoms with Crippen molar-refractivity contribution in [2.45, 2.75) is 19.4 Å². The second kappa shape index (κ2) is 5.75. The molecule has 1 aliphatic heterocycles. The predicted octanol–water partition coefficient (Wildman–Crippen LogP) is 0.950. The second-order valence-electron chi connectivity index (χ2n) is 5.52. The number of rotatable bonds is 4. The molecule has 1 saturated heterocycles. The summed E-state index contributed by atoms with van der Waals surface area (Å²) in [5.74, 6) is 1.78. The number of nitrogens with zero attached hydrogens (tertiary/aromatic N) is 3. The molecule has 19 heavy (non-hydrogen) atoms. The summed E-state index contributed by atoms with van der Waals surface area (Å²) in [6.45, 7) is 9.00. The molecular formula is C14H24N4O. The lowest BCUT2D eigenvalue weighted by Gasteiger charge is -2.44. The minimum atomic E-state index is 0.0697. The number of methoxy groups -OCH3 is 1. The molecule has 0 aromatic carbocycles. The van der Waals surface area contributed by atoms with Gasteiger partial charge in [-0.15, -0.1) is 0 Å². The first-order valence-corrected chi connectivity index (χ1v) is 6.77. The van der Waals surface area contributed by atoms with Crippen LogP contribution in [0.3, 0.4) is 0 Å². The Morgan fingerprint density at radius 2 is 2.00 bits per heavy atom. The van der Waals surface area contributed by atoms with E-state index in [2.05, 4.69) is 28.6 Å². The average Bonchev–Trinajstić information content (AvgIpc) is 2.47. The van der Waals surface area contributed by atoms with E-state index in [1.807, 2.05) is 18.3 Å². The first-order valence-electron chi connectivity index (χ1n) is 6.77. The SMILES string of the molecule is COc1cccnc1N1CCN(C(C)(C)CN)CC1. The first kappa shape index (κ1) is 14.1. The molecule has 0 bridgehead atoms. The maximum Gasteiger partial charge on any atom is 0.171 e. The van der Waals surface area contributed by atoms with Crippen molar-refractivity contribution in [2.24, 2.45) is 5.73 Å². The molecule has 0 saturated carbocycles. The van der Waals surface area contributed by atoms with Crippen molar-refractivity contribution in [3.63, 3.8) is 0 Å². The fraction of sp³-hybridized carbons (Fsp3) is 0.643. The van der Waals surface area contributed by atoms with E-state index in [4.69, 9.17) is 10.5 Å². The van der Waals surface area contributed by atoms with E-state index in [1.54, 1.807) is 7.11 Å². The maximum absolute atomic E-state index is 5.84. The standard InChI is InChI=1S/C14H24N4O/c1-14(2,11-15)18-9-7-17(8-10-18)13-12(19-3)5-4-6-16-13/h4-6H,7-11,15H2,1-3H3. The van der Waals surface area contributed by atoms with E-state index < -0.39 is 0 Å². The van der Waals surface area contributed by atoms with Crippen molar-refractivity contribution in [3.8, 4) is 5.75 Å². The summed E-state index contributed by atoms with van der Waals surface area (Å²) >= 11 is 0. The molecule has 1 fully saturated rings. The number of piperazine rings is 1. The van der Waals surface area contributed by atoms with Crippen LogP contribution in [0.4, 0.5) is 5.82 Å². The number of pyridine rings is 1. The van der Waals surface area contributed by atoms with Gasteiger partial charge in [0.1, 0.15) is 0 Å². The largest absolute Gasteiger partial charge is 0.493 e. The quantitative estimate of drug-likeness (QED) is 0.877. The maximum atomic E-state index is 5.84. The Bertz CT molecular complexity index is 414. The Labute approximate surface area is 115 Å². The molecule has 0 radical (unpaired) electrons. The van der Waals surface area contributed by atoms with Gasteiger partial charge in [-0.1, -0.05) is 0 Å². The van der Waals surface area contributed by atoms with Crippen molar-refractivity contribution in [1.82, 2.24) is 9.88 Å². The van der Waals surface area contributed by atoms with Gasteiger partial charge in [0.05, 0.1) is 7.11 Å². The van der Waals surface area contributed by atoms with E-state index in [9.17, 15) is 0 Å². The number of anilines is 1. The summed E-state index contributed by atoms with van der Waals surface area (Å²) in [4.78, 5) is 9.16. The lowest BCUT2D eigenvalue weighted by molar-refractivity contribution is 0.118. The Morgan fingerprint density at radius 1 is 1.32 bits per heavy atom. The van der Waals surface area contributed by atoms with E-state index in [0.717, 1.165) is 37.7 Å². The minimum Gasteiger partial charge on any atom is -0.493 e. The minimum absolute atomic E-state index is 0.0697. The lowest BCUT2D eigenvalue weighted by atomic mass is 10.0. The van der Waals surface area contributed by atoms with Crippen LogP contribution >= 0.6 is 0 Å². The Kier molecular flexibility index (Phi) is 4.27. The molecular weight excluding hydrogens is 240 g/mol. The first-order chi connectivity index (χ1) is 9.08. The zero-order valence-electron chi connectivity index (χ0n) is 12.1. The number of aromatic nitrogens is 1. The van der Waals surface area contributed by atoms with E-state index >= 15 is 0 Å². The highest BCUT2D eigenvalue weighted by Gasteiger charge is 2.29. The number of nitrogens with two attached hydrogens (primary N) is 1. The Morgan fingerprint density at radius 3 is 2.58 bits per heavy atom. The van der Waals surface area contributed by atoms with Crippen LogP contribution < -0.4 is 15.4 Å². The van der Waals surface area contributed by atoms with Gasteiger partial charge >= 0.3 is 0 Å². The Balaban J connectivity index is 2.04. The van der Waals surface area contributed by atoms with Crippen molar-refractivity contribution < 1.29 is 4.74 Å². The van der Waals surface area contributed by atoms with Crippen molar-refractivity contribution >= 4 is 5.82 Å². The highest BCUT2D eigenvalue weighted by atomic mass is 16.5. The molecule has 0 spiro atoms. The van der Waals surface area contributed by atoms with E-state index in [0.29, 0.717) is 6.54 Å². The molecule has 2 N–H and O–H groups in total. The van der Waals surface area contributed by atoms with Crippen molar-refractivity contribution in [1.29, 1.82) is 0 Å². The molecule has 2 rings (SSSR count). The van der Waals surface area contributed by atoms with Gasteiger partial charge < -0.3 is 15.4 Å². The zero-order valence-corrected chi connectivity index (χ0v) is 12.1. The molecule has 0 unspecified atom stereocenters. The van der Waals surface area contributed by atoms with Gasteiger partial charge in [0.15, 0.2) is 11.6 Å². The molecule has 0 atom stereocenters. The van der Waals surface area contributed by atoms with Crippen LogP contribution in [0.1, 0.15) is 13.8 Å². The Hall–Kier alpha value is -1.33. The van der Waals surface area contributed by atoms with Gasteiger partial charge in [-0.3, -0.25) is 4.90 Å². The van der Waals surface area contributed by atoms with E-state index in [1.165, 1.54) is 0 Å². The van der Waals surface area contributed by atoms with Crippen LogP contribution in [0, 0.1) is 0 Å². The molecule has 2 heterocycles. The van der Waals surface area contributed by atoms with E-state index in [-0.39, 0.29) is 5.54 Å². The van der Waals surface area contributed by atoms with Crippen LogP contribution in [0.25, 0.3) is 0 Å². The molecule has 5 heteroatoms.